The smallest absolute Gasteiger partial charge is 0.319 e. The van der Waals surface area contributed by atoms with Gasteiger partial charge in [0.05, 0.1) is 0 Å². The van der Waals surface area contributed by atoms with Gasteiger partial charge in [0.1, 0.15) is 0 Å². The van der Waals surface area contributed by atoms with Crippen LogP contribution in [0.1, 0.15) is 12.8 Å². The lowest BCUT2D eigenvalue weighted by atomic mass is 9.96. The van der Waals surface area contributed by atoms with E-state index in [0.717, 1.165) is 0 Å². The van der Waals surface area contributed by atoms with Gasteiger partial charge >= 0.3 is 6.03 Å². The van der Waals surface area contributed by atoms with E-state index in [0.29, 0.717) is 31.1 Å². The number of nitrogens with zero attached hydrogens (tertiary/aromatic N) is 3. The summed E-state index contributed by atoms with van der Waals surface area (Å²) in [5.41, 5.74) is 0. The first-order chi connectivity index (χ1) is 9.08. The molecule has 19 heavy (non-hydrogen) atoms. The molecule has 0 aliphatic carbocycles. The molecule has 3 amide bonds. The van der Waals surface area contributed by atoms with Gasteiger partial charge < -0.3 is 15.1 Å². The van der Waals surface area contributed by atoms with Crippen LogP contribution in [-0.4, -0.2) is 53.9 Å². The van der Waals surface area contributed by atoms with Crippen molar-refractivity contribution in [2.24, 2.45) is 5.92 Å². The number of rotatable bonds is 2. The van der Waals surface area contributed by atoms with Crippen molar-refractivity contribution in [1.29, 1.82) is 0 Å². The minimum atomic E-state index is -0.0323. The third-order valence-corrected chi connectivity index (χ3v) is 3.87. The highest BCUT2D eigenvalue weighted by atomic mass is 32.1. The van der Waals surface area contributed by atoms with Gasteiger partial charge in [-0.3, -0.25) is 4.79 Å². The highest BCUT2D eigenvalue weighted by Gasteiger charge is 2.28. The summed E-state index contributed by atoms with van der Waals surface area (Å²) in [6.45, 7) is 1.26. The van der Waals surface area contributed by atoms with Crippen molar-refractivity contribution >= 4 is 28.4 Å². The first kappa shape index (κ1) is 13.8. The summed E-state index contributed by atoms with van der Waals surface area (Å²) < 4.78 is 0. The molecule has 1 N–H and O–H groups in total. The molecule has 104 valence electrons. The first-order valence-electron chi connectivity index (χ1n) is 6.24. The summed E-state index contributed by atoms with van der Waals surface area (Å²) in [4.78, 5) is 31.2. The molecule has 0 unspecified atom stereocenters. The Labute approximate surface area is 116 Å². The largest absolute Gasteiger partial charge is 0.331 e. The molecule has 2 rings (SSSR count). The fraction of sp³-hybridized carbons (Fsp3) is 0.583. The maximum Gasteiger partial charge on any atom is 0.319 e. The molecular weight excluding hydrogens is 264 g/mol. The van der Waals surface area contributed by atoms with E-state index in [9.17, 15) is 9.59 Å². The van der Waals surface area contributed by atoms with E-state index in [1.165, 1.54) is 11.3 Å². The molecule has 2 heterocycles. The van der Waals surface area contributed by atoms with E-state index >= 15 is 0 Å². The van der Waals surface area contributed by atoms with Crippen LogP contribution in [0.2, 0.25) is 0 Å². The summed E-state index contributed by atoms with van der Waals surface area (Å²) >= 11 is 1.41. The standard InChI is InChI=1S/C12H18N4O2S/c1-15(2)12(18)16-6-3-9(4-7-16)10(17)14-11-13-5-8-19-11/h5,8-9H,3-4,6-7H2,1-2H3,(H,13,14,17). The van der Waals surface area contributed by atoms with Gasteiger partial charge in [-0.15, -0.1) is 11.3 Å². The number of urea groups is 1. The molecule has 0 bridgehead atoms. The number of piperidine rings is 1. The monoisotopic (exact) mass is 282 g/mol. The number of carbonyl (C=O) groups is 2. The van der Waals surface area contributed by atoms with E-state index < -0.39 is 0 Å². The van der Waals surface area contributed by atoms with Crippen LogP contribution in [0.25, 0.3) is 0 Å². The summed E-state index contributed by atoms with van der Waals surface area (Å²) in [5, 5.41) is 5.28. The van der Waals surface area contributed by atoms with Gasteiger partial charge in [-0.1, -0.05) is 0 Å². The predicted octanol–water partition coefficient (Wildman–Crippen LogP) is 1.48. The number of carbonyl (C=O) groups excluding carboxylic acids is 2. The van der Waals surface area contributed by atoms with Crippen LogP contribution in [0.15, 0.2) is 11.6 Å². The van der Waals surface area contributed by atoms with Crippen molar-refractivity contribution in [3.05, 3.63) is 11.6 Å². The molecule has 1 aromatic heterocycles. The Balaban J connectivity index is 1.83. The summed E-state index contributed by atoms with van der Waals surface area (Å²) in [6, 6.07) is 0.0128. The van der Waals surface area contributed by atoms with Crippen molar-refractivity contribution in [2.45, 2.75) is 12.8 Å². The molecule has 1 aliphatic heterocycles. The van der Waals surface area contributed by atoms with Crippen molar-refractivity contribution in [2.75, 3.05) is 32.5 Å². The highest BCUT2D eigenvalue weighted by molar-refractivity contribution is 7.13. The van der Waals surface area contributed by atoms with Gasteiger partial charge in [0, 0.05) is 44.7 Å². The van der Waals surface area contributed by atoms with Gasteiger partial charge in [0.25, 0.3) is 0 Å². The van der Waals surface area contributed by atoms with Crippen molar-refractivity contribution in [1.82, 2.24) is 14.8 Å². The zero-order valence-electron chi connectivity index (χ0n) is 11.1. The molecule has 7 heteroatoms. The lowest BCUT2D eigenvalue weighted by molar-refractivity contribution is -0.121. The molecule has 0 atom stereocenters. The predicted molar refractivity (Wildman–Crippen MR) is 74.1 cm³/mol. The Hall–Kier alpha value is -1.63. The summed E-state index contributed by atoms with van der Waals surface area (Å²) in [5.74, 6) is -0.0259. The van der Waals surface area contributed by atoms with E-state index in [4.69, 9.17) is 0 Å². The average Bonchev–Trinajstić information content (AvgIpc) is 2.90. The minimum Gasteiger partial charge on any atom is -0.331 e. The second-order valence-corrected chi connectivity index (χ2v) is 5.66. The lowest BCUT2D eigenvalue weighted by Crippen LogP contribution is -2.45. The minimum absolute atomic E-state index is 0.00639. The summed E-state index contributed by atoms with van der Waals surface area (Å²) in [6.07, 6.45) is 3.08. The van der Waals surface area contributed by atoms with Crippen LogP contribution in [0, 0.1) is 5.92 Å². The van der Waals surface area contributed by atoms with Crippen LogP contribution < -0.4 is 5.32 Å². The molecule has 0 spiro atoms. The Bertz CT molecular complexity index is 439. The van der Waals surface area contributed by atoms with Crippen LogP contribution in [0.4, 0.5) is 9.93 Å². The van der Waals surface area contributed by atoms with Crippen LogP contribution >= 0.6 is 11.3 Å². The summed E-state index contributed by atoms with van der Waals surface area (Å²) in [7, 11) is 3.48. The number of likely N-dealkylation sites (tertiary alicyclic amines) is 1. The van der Waals surface area contributed by atoms with Gasteiger partial charge in [0.15, 0.2) is 5.13 Å². The molecule has 0 saturated carbocycles. The molecule has 0 radical (unpaired) electrons. The number of nitrogens with one attached hydrogen (secondary N) is 1. The highest BCUT2D eigenvalue weighted by Crippen LogP contribution is 2.20. The Morgan fingerprint density at radius 3 is 2.63 bits per heavy atom. The molecule has 1 aromatic rings. The SMILES string of the molecule is CN(C)C(=O)N1CCC(C(=O)Nc2nccs2)CC1. The Morgan fingerprint density at radius 2 is 2.11 bits per heavy atom. The van der Waals surface area contributed by atoms with Gasteiger partial charge in [-0.05, 0) is 12.8 Å². The molecule has 1 fully saturated rings. The Morgan fingerprint density at radius 1 is 1.42 bits per heavy atom. The van der Waals surface area contributed by atoms with Crippen molar-refractivity contribution < 1.29 is 9.59 Å². The van der Waals surface area contributed by atoms with E-state index in [1.807, 2.05) is 5.38 Å². The number of anilines is 1. The zero-order chi connectivity index (χ0) is 13.8. The first-order valence-corrected chi connectivity index (χ1v) is 7.12. The van der Waals surface area contributed by atoms with Crippen LogP contribution in [0.3, 0.4) is 0 Å². The van der Waals surface area contributed by atoms with E-state index in [1.54, 1.807) is 30.1 Å². The van der Waals surface area contributed by atoms with E-state index in [2.05, 4.69) is 10.3 Å². The maximum atomic E-state index is 12.0. The van der Waals surface area contributed by atoms with E-state index in [-0.39, 0.29) is 17.9 Å². The molecular formula is C12H18N4O2S. The lowest BCUT2D eigenvalue weighted by Gasteiger charge is -2.32. The number of hydrogen-bond donors (Lipinski definition) is 1. The van der Waals surface area contributed by atoms with Crippen LogP contribution in [-0.2, 0) is 4.79 Å². The van der Waals surface area contributed by atoms with Gasteiger partial charge in [-0.25, -0.2) is 9.78 Å². The van der Waals surface area contributed by atoms with Crippen molar-refractivity contribution in [3.63, 3.8) is 0 Å². The normalized spacial score (nSPS) is 16.2. The number of amides is 3. The zero-order valence-corrected chi connectivity index (χ0v) is 11.9. The number of thiazole rings is 1. The average molecular weight is 282 g/mol. The second kappa shape index (κ2) is 6.01. The maximum absolute atomic E-state index is 12.0. The second-order valence-electron chi connectivity index (χ2n) is 4.76. The van der Waals surface area contributed by atoms with Crippen molar-refractivity contribution in [3.8, 4) is 0 Å². The third-order valence-electron chi connectivity index (χ3n) is 3.18. The molecule has 6 nitrogen and oxygen atoms in total. The van der Waals surface area contributed by atoms with Crippen LogP contribution in [0.5, 0.6) is 0 Å². The number of hydrogen-bond acceptors (Lipinski definition) is 4. The molecule has 1 aliphatic rings. The fourth-order valence-corrected chi connectivity index (χ4v) is 2.64. The van der Waals surface area contributed by atoms with Gasteiger partial charge in [-0.2, -0.15) is 0 Å². The molecule has 0 aromatic carbocycles. The van der Waals surface area contributed by atoms with Gasteiger partial charge in [0.2, 0.25) is 5.91 Å². The molecule has 1 saturated heterocycles. The topological polar surface area (TPSA) is 65.5 Å². The third kappa shape index (κ3) is 3.44. The quantitative estimate of drug-likeness (QED) is 0.893. The Kier molecular flexibility index (Phi) is 4.36. The fourth-order valence-electron chi connectivity index (χ4n) is 2.11. The number of aromatic nitrogens is 1.